The third-order valence-electron chi connectivity index (χ3n) is 13.4. The molecule has 0 saturated carbocycles. The Hall–Kier alpha value is -2.69. The average Bonchev–Trinajstić information content (AvgIpc) is 3.35. The molecule has 2 atom stereocenters. The van der Waals surface area contributed by atoms with Crippen molar-refractivity contribution in [2.24, 2.45) is 0 Å². The molecule has 2 unspecified atom stereocenters. The van der Waals surface area contributed by atoms with Crippen molar-refractivity contribution in [3.8, 4) is 0 Å². The van der Waals surface area contributed by atoms with E-state index < -0.39 is 12.1 Å². The molecule has 0 fully saturated rings. The fourth-order valence-corrected chi connectivity index (χ4v) is 8.85. The van der Waals surface area contributed by atoms with Gasteiger partial charge in [-0.05, 0) is 77.0 Å². The first-order valence-electron chi connectivity index (χ1n) is 29.9. The lowest BCUT2D eigenvalue weighted by Crippen LogP contribution is -2.45. The molecule has 398 valence electrons. The summed E-state index contributed by atoms with van der Waals surface area (Å²) in [7, 11) is 0. The molecular formula is C65H115NO3. The van der Waals surface area contributed by atoms with E-state index in [0.717, 1.165) is 96.3 Å². The summed E-state index contributed by atoms with van der Waals surface area (Å²) in [6, 6.07) is -0.559. The smallest absolute Gasteiger partial charge is 0.220 e. The van der Waals surface area contributed by atoms with Gasteiger partial charge in [-0.25, -0.2) is 0 Å². The number of aliphatic hydroxyl groups is 2. The molecule has 0 aliphatic rings. The second-order valence-corrected chi connectivity index (χ2v) is 20.0. The van der Waals surface area contributed by atoms with Crippen LogP contribution in [0.2, 0.25) is 0 Å². The van der Waals surface area contributed by atoms with E-state index in [9.17, 15) is 15.0 Å². The fraction of sp³-hybridized carbons (Fsp3) is 0.738. The van der Waals surface area contributed by atoms with Crippen molar-refractivity contribution in [3.63, 3.8) is 0 Å². The second kappa shape index (κ2) is 59.6. The monoisotopic (exact) mass is 958 g/mol. The zero-order valence-corrected chi connectivity index (χ0v) is 45.8. The molecule has 0 aliphatic heterocycles. The summed E-state index contributed by atoms with van der Waals surface area (Å²) in [6.07, 6.45) is 88.3. The zero-order valence-electron chi connectivity index (χ0n) is 45.8. The Bertz CT molecular complexity index is 1270. The van der Waals surface area contributed by atoms with Gasteiger partial charge in [0.25, 0.3) is 0 Å². The van der Waals surface area contributed by atoms with Gasteiger partial charge in [0.1, 0.15) is 0 Å². The van der Waals surface area contributed by atoms with E-state index >= 15 is 0 Å². The fourth-order valence-electron chi connectivity index (χ4n) is 8.85. The minimum Gasteiger partial charge on any atom is -0.394 e. The summed E-state index contributed by atoms with van der Waals surface area (Å²) in [5.41, 5.74) is 0. The number of hydrogen-bond donors (Lipinski definition) is 3. The van der Waals surface area contributed by atoms with Crippen molar-refractivity contribution >= 4 is 5.91 Å². The Kier molecular flexibility index (Phi) is 57.3. The maximum absolute atomic E-state index is 12.5. The number of unbranched alkanes of at least 4 members (excludes halogenated alkanes) is 31. The Morgan fingerprint density at radius 1 is 0.362 bits per heavy atom. The third-order valence-corrected chi connectivity index (χ3v) is 13.4. The predicted octanol–water partition coefficient (Wildman–Crippen LogP) is 20.1. The standard InChI is InChI=1S/C65H115NO3/c1-3-5-7-9-11-13-15-17-19-21-23-25-27-29-31-33-35-37-39-41-43-45-47-49-51-53-55-57-59-61-65(69)66-63(62-67)64(68)60-58-56-54-52-50-48-46-44-42-40-38-36-34-32-30-28-26-24-22-20-18-16-14-12-10-8-6-4-2/h5,7,11,13,17,19,23,25,29,31,35,37,41,43,47,49,63-64,67-68H,3-4,6,8-10,12,14-16,18,20-22,24,26-28,30,32-34,36,38-40,42,44-46,48,50-62H2,1-2H3,(H,66,69)/b7-5-,13-11-,19-17-,25-23-,31-29-,37-35-,43-41-,49-47-. The summed E-state index contributed by atoms with van der Waals surface area (Å²) in [5.74, 6) is -0.0563. The molecule has 0 aromatic rings. The molecule has 69 heavy (non-hydrogen) atoms. The summed E-state index contributed by atoms with van der Waals surface area (Å²) in [4.78, 5) is 12.5. The predicted molar refractivity (Wildman–Crippen MR) is 308 cm³/mol. The van der Waals surface area contributed by atoms with Gasteiger partial charge in [0.15, 0.2) is 0 Å². The van der Waals surface area contributed by atoms with E-state index in [1.165, 1.54) is 167 Å². The maximum Gasteiger partial charge on any atom is 0.220 e. The van der Waals surface area contributed by atoms with Crippen molar-refractivity contribution in [3.05, 3.63) is 97.2 Å². The van der Waals surface area contributed by atoms with Crippen LogP contribution in [0.1, 0.15) is 290 Å². The average molecular weight is 959 g/mol. The summed E-state index contributed by atoms with van der Waals surface area (Å²) >= 11 is 0. The van der Waals surface area contributed by atoms with E-state index in [0.29, 0.717) is 12.8 Å². The summed E-state index contributed by atoms with van der Waals surface area (Å²) < 4.78 is 0. The van der Waals surface area contributed by atoms with Crippen molar-refractivity contribution in [1.29, 1.82) is 0 Å². The van der Waals surface area contributed by atoms with Crippen LogP contribution >= 0.6 is 0 Å². The molecule has 0 radical (unpaired) electrons. The van der Waals surface area contributed by atoms with Crippen LogP contribution in [0.15, 0.2) is 97.2 Å². The zero-order chi connectivity index (χ0) is 49.9. The lowest BCUT2D eigenvalue weighted by atomic mass is 10.0. The van der Waals surface area contributed by atoms with Gasteiger partial charge < -0.3 is 15.5 Å². The largest absolute Gasteiger partial charge is 0.394 e. The molecule has 4 heteroatoms. The van der Waals surface area contributed by atoms with Gasteiger partial charge in [0.2, 0.25) is 5.91 Å². The maximum atomic E-state index is 12.5. The van der Waals surface area contributed by atoms with Crippen molar-refractivity contribution in [1.82, 2.24) is 5.32 Å². The van der Waals surface area contributed by atoms with Crippen LogP contribution in [0.3, 0.4) is 0 Å². The highest BCUT2D eigenvalue weighted by Crippen LogP contribution is 2.17. The first-order chi connectivity index (χ1) is 34.2. The Morgan fingerprint density at radius 3 is 0.957 bits per heavy atom. The highest BCUT2D eigenvalue weighted by atomic mass is 16.3. The molecule has 1 amide bonds. The first-order valence-corrected chi connectivity index (χ1v) is 29.9. The molecule has 0 saturated heterocycles. The molecule has 3 N–H and O–H groups in total. The Morgan fingerprint density at radius 2 is 0.638 bits per heavy atom. The lowest BCUT2D eigenvalue weighted by molar-refractivity contribution is -0.123. The van der Waals surface area contributed by atoms with Gasteiger partial charge in [0.05, 0.1) is 18.8 Å². The number of carbonyl (C=O) groups excluding carboxylic acids is 1. The van der Waals surface area contributed by atoms with Gasteiger partial charge in [-0.2, -0.15) is 0 Å². The van der Waals surface area contributed by atoms with E-state index in [1.807, 2.05) is 0 Å². The lowest BCUT2D eigenvalue weighted by Gasteiger charge is -2.22. The highest BCUT2D eigenvalue weighted by molar-refractivity contribution is 5.76. The third kappa shape index (κ3) is 56.1. The highest BCUT2D eigenvalue weighted by Gasteiger charge is 2.20. The van der Waals surface area contributed by atoms with Gasteiger partial charge in [0, 0.05) is 6.42 Å². The molecule has 0 aromatic carbocycles. The van der Waals surface area contributed by atoms with E-state index in [-0.39, 0.29) is 12.5 Å². The minimum absolute atomic E-state index is 0.0563. The Labute approximate surface area is 430 Å². The van der Waals surface area contributed by atoms with E-state index in [4.69, 9.17) is 0 Å². The van der Waals surface area contributed by atoms with Crippen LogP contribution in [0, 0.1) is 0 Å². The van der Waals surface area contributed by atoms with Gasteiger partial charge >= 0.3 is 0 Å². The molecular weight excluding hydrogens is 843 g/mol. The number of aliphatic hydroxyl groups excluding tert-OH is 2. The normalized spacial score (nSPS) is 13.5. The van der Waals surface area contributed by atoms with Crippen LogP contribution in [0.5, 0.6) is 0 Å². The van der Waals surface area contributed by atoms with Gasteiger partial charge in [-0.1, -0.05) is 304 Å². The van der Waals surface area contributed by atoms with Gasteiger partial charge in [-0.15, -0.1) is 0 Å². The first kappa shape index (κ1) is 66.3. The van der Waals surface area contributed by atoms with Crippen molar-refractivity contribution in [2.75, 3.05) is 6.61 Å². The van der Waals surface area contributed by atoms with Gasteiger partial charge in [-0.3, -0.25) is 4.79 Å². The van der Waals surface area contributed by atoms with Crippen LogP contribution in [0.4, 0.5) is 0 Å². The molecule has 0 bridgehead atoms. The van der Waals surface area contributed by atoms with Crippen LogP contribution in [0.25, 0.3) is 0 Å². The van der Waals surface area contributed by atoms with Crippen LogP contribution in [-0.2, 0) is 4.79 Å². The SMILES string of the molecule is CC/C=C\C/C=C\C/C=C\C/C=C\C/C=C\C/C=C\C/C=C\C/C=C\CCCCCCC(=O)NC(CO)C(O)CCCCCCCCCCCCCCCCCCCCCCCCCCCCCC. The molecule has 0 spiro atoms. The minimum atomic E-state index is -0.679. The van der Waals surface area contributed by atoms with E-state index in [1.54, 1.807) is 0 Å². The molecule has 0 aromatic heterocycles. The van der Waals surface area contributed by atoms with Crippen molar-refractivity contribution in [2.45, 2.75) is 302 Å². The summed E-state index contributed by atoms with van der Waals surface area (Å²) in [5, 5.41) is 23.4. The molecule has 0 heterocycles. The molecule has 0 rings (SSSR count). The van der Waals surface area contributed by atoms with Crippen molar-refractivity contribution < 1.29 is 15.0 Å². The number of allylic oxidation sites excluding steroid dienone is 16. The van der Waals surface area contributed by atoms with E-state index in [2.05, 4.69) is 116 Å². The number of nitrogens with one attached hydrogen (secondary N) is 1. The second-order valence-electron chi connectivity index (χ2n) is 20.0. The topological polar surface area (TPSA) is 69.6 Å². The Balaban J connectivity index is 3.56. The van der Waals surface area contributed by atoms with Crippen LogP contribution in [-0.4, -0.2) is 34.9 Å². The number of carbonyl (C=O) groups is 1. The summed E-state index contributed by atoms with van der Waals surface area (Å²) in [6.45, 7) is 4.25. The number of hydrogen-bond acceptors (Lipinski definition) is 3. The van der Waals surface area contributed by atoms with Crippen LogP contribution < -0.4 is 5.32 Å². The molecule has 4 nitrogen and oxygen atoms in total. The number of rotatable bonds is 54. The number of amides is 1. The quantitative estimate of drug-likeness (QED) is 0.0420. The molecule has 0 aliphatic carbocycles.